The maximum atomic E-state index is 11.0. The zero-order valence-corrected chi connectivity index (χ0v) is 9.84. The van der Waals surface area contributed by atoms with E-state index in [1.54, 1.807) is 6.07 Å². The van der Waals surface area contributed by atoms with Crippen molar-refractivity contribution in [3.8, 4) is 11.5 Å². The first-order chi connectivity index (χ1) is 8.08. The second-order valence-corrected chi connectivity index (χ2v) is 3.54. The summed E-state index contributed by atoms with van der Waals surface area (Å²) in [7, 11) is 1.46. The van der Waals surface area contributed by atoms with E-state index in [9.17, 15) is 9.90 Å². The van der Waals surface area contributed by atoms with Gasteiger partial charge in [0.15, 0.2) is 0 Å². The molecule has 0 amide bonds. The van der Waals surface area contributed by atoms with Crippen molar-refractivity contribution < 1.29 is 24.5 Å². The summed E-state index contributed by atoms with van der Waals surface area (Å²) in [5.74, 6) is -0.415. The number of benzene rings is 1. The molecule has 5 nitrogen and oxygen atoms in total. The highest BCUT2D eigenvalue weighted by atomic mass is 16.5. The molecule has 0 aliphatic carbocycles. The van der Waals surface area contributed by atoms with Crippen LogP contribution in [0.25, 0.3) is 0 Å². The first-order valence-corrected chi connectivity index (χ1v) is 5.30. The molecular weight excluding hydrogens is 224 g/mol. The van der Waals surface area contributed by atoms with E-state index in [2.05, 4.69) is 0 Å². The van der Waals surface area contributed by atoms with Gasteiger partial charge in [-0.3, -0.25) is 0 Å². The van der Waals surface area contributed by atoms with Crippen molar-refractivity contribution in [3.63, 3.8) is 0 Å². The second kappa shape index (κ2) is 6.10. The molecule has 0 saturated heterocycles. The quantitative estimate of drug-likeness (QED) is 0.788. The van der Waals surface area contributed by atoms with E-state index >= 15 is 0 Å². The molecule has 0 saturated carbocycles. The number of aromatic carboxylic acids is 1. The number of aliphatic hydroxyl groups excluding tert-OH is 1. The molecule has 94 valence electrons. The molecule has 1 atom stereocenters. The molecular formula is C12H16O5. The predicted octanol–water partition coefficient (Wildman–Crippen LogP) is 1.54. The Hall–Kier alpha value is -1.75. The standard InChI is InChI=1S/C12H16O5/c1-3-8(13)7-17-11-5-4-9(16-2)6-10(11)12(14)15/h4-6,8,13H,3,7H2,1-2H3,(H,14,15). The van der Waals surface area contributed by atoms with Gasteiger partial charge in [0.05, 0.1) is 13.2 Å². The molecule has 0 heterocycles. The Bertz CT molecular complexity index is 388. The second-order valence-electron chi connectivity index (χ2n) is 3.54. The van der Waals surface area contributed by atoms with E-state index in [-0.39, 0.29) is 17.9 Å². The number of carbonyl (C=O) groups is 1. The minimum atomic E-state index is -1.09. The molecule has 17 heavy (non-hydrogen) atoms. The van der Waals surface area contributed by atoms with Crippen LogP contribution in [0.1, 0.15) is 23.7 Å². The lowest BCUT2D eigenvalue weighted by atomic mass is 10.2. The van der Waals surface area contributed by atoms with E-state index in [0.717, 1.165) is 0 Å². The van der Waals surface area contributed by atoms with E-state index in [1.165, 1.54) is 19.2 Å². The maximum absolute atomic E-state index is 11.0. The molecule has 2 N–H and O–H groups in total. The van der Waals surface area contributed by atoms with Gasteiger partial charge < -0.3 is 19.7 Å². The van der Waals surface area contributed by atoms with Crippen molar-refractivity contribution in [2.24, 2.45) is 0 Å². The predicted molar refractivity (Wildman–Crippen MR) is 61.7 cm³/mol. The molecule has 0 bridgehead atoms. The number of ether oxygens (including phenoxy) is 2. The maximum Gasteiger partial charge on any atom is 0.339 e. The van der Waals surface area contributed by atoms with E-state index < -0.39 is 12.1 Å². The molecule has 0 spiro atoms. The van der Waals surface area contributed by atoms with Crippen LogP contribution in [0.5, 0.6) is 11.5 Å². The molecule has 0 fully saturated rings. The van der Waals surface area contributed by atoms with Crippen LogP contribution in [-0.2, 0) is 0 Å². The minimum Gasteiger partial charge on any atom is -0.497 e. The highest BCUT2D eigenvalue weighted by Gasteiger charge is 2.13. The van der Waals surface area contributed by atoms with Crippen LogP contribution in [0, 0.1) is 0 Å². The van der Waals surface area contributed by atoms with Gasteiger partial charge >= 0.3 is 5.97 Å². The average molecular weight is 240 g/mol. The fourth-order valence-electron chi connectivity index (χ4n) is 1.23. The van der Waals surface area contributed by atoms with Gasteiger partial charge in [0.1, 0.15) is 23.7 Å². The van der Waals surface area contributed by atoms with Gasteiger partial charge in [-0.15, -0.1) is 0 Å². The van der Waals surface area contributed by atoms with Crippen LogP contribution >= 0.6 is 0 Å². The third kappa shape index (κ3) is 3.64. The number of hydrogen-bond donors (Lipinski definition) is 2. The number of carboxylic acid groups (broad SMARTS) is 1. The van der Waals surface area contributed by atoms with Gasteiger partial charge in [0, 0.05) is 0 Å². The zero-order chi connectivity index (χ0) is 12.8. The summed E-state index contributed by atoms with van der Waals surface area (Å²) in [5, 5.41) is 18.4. The molecule has 0 aliphatic rings. The highest BCUT2D eigenvalue weighted by Crippen LogP contribution is 2.24. The number of rotatable bonds is 6. The van der Waals surface area contributed by atoms with Gasteiger partial charge in [-0.2, -0.15) is 0 Å². The van der Waals surface area contributed by atoms with Gasteiger partial charge in [-0.25, -0.2) is 4.79 Å². The fourth-order valence-corrected chi connectivity index (χ4v) is 1.23. The molecule has 0 aliphatic heterocycles. The first kappa shape index (κ1) is 13.3. The Kier molecular flexibility index (Phi) is 4.78. The van der Waals surface area contributed by atoms with Crippen LogP contribution in [-0.4, -0.2) is 36.0 Å². The van der Waals surface area contributed by atoms with Crippen molar-refractivity contribution in [1.82, 2.24) is 0 Å². The summed E-state index contributed by atoms with van der Waals surface area (Å²) in [5.41, 5.74) is 0.0210. The molecule has 1 aromatic carbocycles. The van der Waals surface area contributed by atoms with Crippen molar-refractivity contribution >= 4 is 5.97 Å². The van der Waals surface area contributed by atoms with Crippen molar-refractivity contribution in [3.05, 3.63) is 23.8 Å². The van der Waals surface area contributed by atoms with Crippen LogP contribution in [0.3, 0.4) is 0 Å². The molecule has 1 rings (SSSR count). The molecule has 0 aromatic heterocycles. The summed E-state index contributed by atoms with van der Waals surface area (Å²) in [4.78, 5) is 11.0. The Morgan fingerprint density at radius 1 is 1.47 bits per heavy atom. The minimum absolute atomic E-state index is 0.0210. The summed E-state index contributed by atoms with van der Waals surface area (Å²) in [6.45, 7) is 1.89. The van der Waals surface area contributed by atoms with Crippen molar-refractivity contribution in [2.45, 2.75) is 19.4 Å². The molecule has 1 unspecified atom stereocenters. The average Bonchev–Trinajstić information content (AvgIpc) is 2.35. The van der Waals surface area contributed by atoms with Crippen LogP contribution in [0.2, 0.25) is 0 Å². The van der Waals surface area contributed by atoms with Gasteiger partial charge in [0.2, 0.25) is 0 Å². The van der Waals surface area contributed by atoms with E-state index in [4.69, 9.17) is 14.6 Å². The zero-order valence-electron chi connectivity index (χ0n) is 9.84. The first-order valence-electron chi connectivity index (χ1n) is 5.30. The lowest BCUT2D eigenvalue weighted by Crippen LogP contribution is -2.17. The molecule has 0 radical (unpaired) electrons. The summed E-state index contributed by atoms with van der Waals surface area (Å²) < 4.78 is 10.2. The van der Waals surface area contributed by atoms with Gasteiger partial charge in [0.25, 0.3) is 0 Å². The molecule has 1 aromatic rings. The third-order valence-electron chi connectivity index (χ3n) is 2.32. The normalized spacial score (nSPS) is 11.9. The largest absolute Gasteiger partial charge is 0.497 e. The SMILES string of the molecule is CCC(O)COc1ccc(OC)cc1C(=O)O. The lowest BCUT2D eigenvalue weighted by molar-refractivity contribution is 0.0681. The monoisotopic (exact) mass is 240 g/mol. The van der Waals surface area contributed by atoms with Gasteiger partial charge in [-0.05, 0) is 24.6 Å². The number of hydrogen-bond acceptors (Lipinski definition) is 4. The smallest absolute Gasteiger partial charge is 0.339 e. The number of methoxy groups -OCH3 is 1. The Morgan fingerprint density at radius 2 is 2.18 bits per heavy atom. The Morgan fingerprint density at radius 3 is 2.71 bits per heavy atom. The fraction of sp³-hybridized carbons (Fsp3) is 0.417. The van der Waals surface area contributed by atoms with Crippen LogP contribution in [0.4, 0.5) is 0 Å². The summed E-state index contributed by atoms with van der Waals surface area (Å²) >= 11 is 0. The van der Waals surface area contributed by atoms with Crippen LogP contribution in [0.15, 0.2) is 18.2 Å². The third-order valence-corrected chi connectivity index (χ3v) is 2.32. The topological polar surface area (TPSA) is 76.0 Å². The lowest BCUT2D eigenvalue weighted by Gasteiger charge is -2.13. The number of carboxylic acids is 1. The van der Waals surface area contributed by atoms with Gasteiger partial charge in [-0.1, -0.05) is 6.92 Å². The summed E-state index contributed by atoms with van der Waals surface area (Å²) in [6, 6.07) is 4.51. The van der Waals surface area contributed by atoms with Crippen molar-refractivity contribution in [1.29, 1.82) is 0 Å². The van der Waals surface area contributed by atoms with Crippen LogP contribution < -0.4 is 9.47 Å². The highest BCUT2D eigenvalue weighted by molar-refractivity contribution is 5.91. The Labute approximate surface area is 99.6 Å². The van der Waals surface area contributed by atoms with E-state index in [0.29, 0.717) is 12.2 Å². The summed E-state index contributed by atoms with van der Waals surface area (Å²) in [6.07, 6.45) is -0.0443. The number of aliphatic hydroxyl groups is 1. The Balaban J connectivity index is 2.87. The van der Waals surface area contributed by atoms with Crippen molar-refractivity contribution in [2.75, 3.05) is 13.7 Å². The molecule has 5 heteroatoms. The van der Waals surface area contributed by atoms with E-state index in [1.807, 2.05) is 6.92 Å².